The number of rotatable bonds is 5. The summed E-state index contributed by atoms with van der Waals surface area (Å²) in [6, 6.07) is 8.07. The van der Waals surface area contributed by atoms with E-state index in [9.17, 15) is 4.79 Å². The second kappa shape index (κ2) is 5.64. The van der Waals surface area contributed by atoms with Gasteiger partial charge in [0, 0.05) is 19.4 Å². The number of hydrogen-bond donors (Lipinski definition) is 2. The van der Waals surface area contributed by atoms with Crippen molar-refractivity contribution in [1.29, 1.82) is 0 Å². The fourth-order valence-corrected chi connectivity index (χ4v) is 2.11. The average molecular weight is 246 g/mol. The zero-order chi connectivity index (χ0) is 13.0. The molecule has 2 aromatic rings. The van der Waals surface area contributed by atoms with Crippen molar-refractivity contribution in [2.75, 3.05) is 0 Å². The first-order chi connectivity index (χ1) is 8.76. The monoisotopic (exact) mass is 246 g/mol. The number of hydrazine groups is 1. The normalized spacial score (nSPS) is 10.8. The van der Waals surface area contributed by atoms with E-state index in [0.29, 0.717) is 6.42 Å². The molecule has 0 bridgehead atoms. The van der Waals surface area contributed by atoms with Crippen molar-refractivity contribution in [2.24, 2.45) is 5.84 Å². The molecule has 0 spiro atoms. The van der Waals surface area contributed by atoms with E-state index in [0.717, 1.165) is 36.2 Å². The molecular formula is C13H18N4O. The predicted octanol–water partition coefficient (Wildman–Crippen LogP) is 1.37. The van der Waals surface area contributed by atoms with Crippen LogP contribution in [0.1, 0.15) is 25.6 Å². The highest BCUT2D eigenvalue weighted by atomic mass is 16.2. The van der Waals surface area contributed by atoms with Gasteiger partial charge in [-0.15, -0.1) is 0 Å². The molecule has 0 saturated carbocycles. The number of imidazole rings is 1. The molecule has 1 amide bonds. The second-order valence-electron chi connectivity index (χ2n) is 4.19. The van der Waals surface area contributed by atoms with E-state index in [4.69, 9.17) is 5.84 Å². The van der Waals surface area contributed by atoms with Gasteiger partial charge in [-0.1, -0.05) is 19.1 Å². The molecule has 1 heterocycles. The van der Waals surface area contributed by atoms with Gasteiger partial charge >= 0.3 is 0 Å². The van der Waals surface area contributed by atoms with Gasteiger partial charge in [0.25, 0.3) is 0 Å². The molecule has 1 aromatic heterocycles. The first-order valence-corrected chi connectivity index (χ1v) is 6.20. The molecule has 5 nitrogen and oxygen atoms in total. The molecular weight excluding hydrogens is 228 g/mol. The third kappa shape index (κ3) is 2.51. The van der Waals surface area contributed by atoms with Crippen molar-refractivity contribution in [3.63, 3.8) is 0 Å². The van der Waals surface area contributed by atoms with Crippen LogP contribution >= 0.6 is 0 Å². The standard InChI is InChI=1S/C13H18N4O/c1-2-12-15-10-6-3-4-7-11(10)17(12)9-5-8-13(18)16-14/h3-4,6-7H,2,5,8-9,14H2,1H3,(H,16,18). The van der Waals surface area contributed by atoms with Crippen LogP contribution in [0.4, 0.5) is 0 Å². The van der Waals surface area contributed by atoms with Gasteiger partial charge in [0.05, 0.1) is 11.0 Å². The van der Waals surface area contributed by atoms with Crippen molar-refractivity contribution < 1.29 is 4.79 Å². The summed E-state index contributed by atoms with van der Waals surface area (Å²) in [4.78, 5) is 15.7. The van der Waals surface area contributed by atoms with Gasteiger partial charge in [-0.05, 0) is 18.6 Å². The van der Waals surface area contributed by atoms with Gasteiger partial charge in [-0.3, -0.25) is 10.2 Å². The number of carbonyl (C=O) groups is 1. The number of nitrogens with one attached hydrogen (secondary N) is 1. The van der Waals surface area contributed by atoms with Crippen LogP contribution in [0.25, 0.3) is 11.0 Å². The van der Waals surface area contributed by atoms with Gasteiger partial charge < -0.3 is 4.57 Å². The Morgan fingerprint density at radius 2 is 2.22 bits per heavy atom. The molecule has 0 aliphatic carbocycles. The Labute approximate surface area is 106 Å². The molecule has 0 unspecified atom stereocenters. The summed E-state index contributed by atoms with van der Waals surface area (Å²) in [6.07, 6.45) is 2.08. The molecule has 0 radical (unpaired) electrons. The van der Waals surface area contributed by atoms with Crippen LogP contribution in [0.3, 0.4) is 0 Å². The summed E-state index contributed by atoms with van der Waals surface area (Å²) in [5.41, 5.74) is 4.29. The number of benzene rings is 1. The van der Waals surface area contributed by atoms with Crippen molar-refractivity contribution in [1.82, 2.24) is 15.0 Å². The van der Waals surface area contributed by atoms with Crippen molar-refractivity contribution in [3.8, 4) is 0 Å². The zero-order valence-electron chi connectivity index (χ0n) is 10.5. The lowest BCUT2D eigenvalue weighted by atomic mass is 10.2. The lowest BCUT2D eigenvalue weighted by Crippen LogP contribution is -2.29. The Bertz CT molecular complexity index is 547. The highest BCUT2D eigenvalue weighted by molar-refractivity contribution is 5.76. The number of aryl methyl sites for hydroxylation is 2. The molecule has 3 N–H and O–H groups in total. The maximum absolute atomic E-state index is 11.1. The molecule has 1 aromatic carbocycles. The van der Waals surface area contributed by atoms with Crippen LogP contribution in [-0.4, -0.2) is 15.5 Å². The fraction of sp³-hybridized carbons (Fsp3) is 0.385. The maximum Gasteiger partial charge on any atom is 0.233 e. The maximum atomic E-state index is 11.1. The van der Waals surface area contributed by atoms with Crippen LogP contribution < -0.4 is 11.3 Å². The molecule has 0 atom stereocenters. The van der Waals surface area contributed by atoms with E-state index in [1.54, 1.807) is 0 Å². The number of carbonyl (C=O) groups excluding carboxylic acids is 1. The van der Waals surface area contributed by atoms with Crippen LogP contribution in [-0.2, 0) is 17.8 Å². The van der Waals surface area contributed by atoms with Crippen LogP contribution in [0.15, 0.2) is 24.3 Å². The SMILES string of the molecule is CCc1nc2ccccc2n1CCCC(=O)NN. The Morgan fingerprint density at radius 3 is 2.94 bits per heavy atom. The summed E-state index contributed by atoms with van der Waals surface area (Å²) in [6.45, 7) is 2.88. The van der Waals surface area contributed by atoms with Crippen LogP contribution in [0, 0.1) is 0 Å². The molecule has 2 rings (SSSR count). The van der Waals surface area contributed by atoms with Gasteiger partial charge in [-0.25, -0.2) is 10.8 Å². The fourth-order valence-electron chi connectivity index (χ4n) is 2.11. The van der Waals surface area contributed by atoms with Crippen molar-refractivity contribution in [3.05, 3.63) is 30.1 Å². The van der Waals surface area contributed by atoms with Crippen LogP contribution in [0.5, 0.6) is 0 Å². The predicted molar refractivity (Wildman–Crippen MR) is 70.7 cm³/mol. The third-order valence-electron chi connectivity index (χ3n) is 3.00. The molecule has 0 saturated heterocycles. The number of nitrogens with zero attached hydrogens (tertiary/aromatic N) is 2. The van der Waals surface area contributed by atoms with E-state index < -0.39 is 0 Å². The number of amides is 1. The number of hydrogen-bond acceptors (Lipinski definition) is 3. The minimum atomic E-state index is -0.127. The highest BCUT2D eigenvalue weighted by Gasteiger charge is 2.08. The average Bonchev–Trinajstić information content (AvgIpc) is 2.77. The van der Waals surface area contributed by atoms with Crippen LogP contribution in [0.2, 0.25) is 0 Å². The number of nitrogens with two attached hydrogens (primary N) is 1. The van der Waals surface area contributed by atoms with Gasteiger partial charge in [0.1, 0.15) is 5.82 Å². The Morgan fingerprint density at radius 1 is 1.44 bits per heavy atom. The lowest BCUT2D eigenvalue weighted by Gasteiger charge is -2.07. The largest absolute Gasteiger partial charge is 0.328 e. The number of para-hydroxylation sites is 2. The quantitative estimate of drug-likeness (QED) is 0.475. The van der Waals surface area contributed by atoms with E-state index in [1.165, 1.54) is 0 Å². The number of fused-ring (bicyclic) bond motifs is 1. The van der Waals surface area contributed by atoms with E-state index >= 15 is 0 Å². The lowest BCUT2D eigenvalue weighted by molar-refractivity contribution is -0.121. The summed E-state index contributed by atoms with van der Waals surface area (Å²) in [5.74, 6) is 5.99. The molecule has 0 aliphatic rings. The smallest absolute Gasteiger partial charge is 0.233 e. The molecule has 0 fully saturated rings. The van der Waals surface area contributed by atoms with Gasteiger partial charge in [0.2, 0.25) is 5.91 Å². The molecule has 5 heteroatoms. The summed E-state index contributed by atoms with van der Waals surface area (Å²) in [5, 5.41) is 0. The first-order valence-electron chi connectivity index (χ1n) is 6.20. The zero-order valence-corrected chi connectivity index (χ0v) is 10.5. The number of aromatic nitrogens is 2. The minimum Gasteiger partial charge on any atom is -0.328 e. The highest BCUT2D eigenvalue weighted by Crippen LogP contribution is 2.17. The van der Waals surface area contributed by atoms with Crippen molar-refractivity contribution in [2.45, 2.75) is 32.7 Å². The minimum absolute atomic E-state index is 0.127. The Balaban J connectivity index is 2.18. The second-order valence-corrected chi connectivity index (χ2v) is 4.19. The summed E-state index contributed by atoms with van der Waals surface area (Å²) >= 11 is 0. The van der Waals surface area contributed by atoms with E-state index in [-0.39, 0.29) is 5.91 Å². The van der Waals surface area contributed by atoms with Gasteiger partial charge in [0.15, 0.2) is 0 Å². The van der Waals surface area contributed by atoms with E-state index in [2.05, 4.69) is 28.0 Å². The third-order valence-corrected chi connectivity index (χ3v) is 3.00. The van der Waals surface area contributed by atoms with Crippen molar-refractivity contribution >= 4 is 16.9 Å². The topological polar surface area (TPSA) is 72.9 Å². The molecule has 18 heavy (non-hydrogen) atoms. The van der Waals surface area contributed by atoms with Gasteiger partial charge in [-0.2, -0.15) is 0 Å². The summed E-state index contributed by atoms with van der Waals surface area (Å²) < 4.78 is 2.18. The Kier molecular flexibility index (Phi) is 3.94. The molecule has 96 valence electrons. The first kappa shape index (κ1) is 12.6. The summed E-state index contributed by atoms with van der Waals surface area (Å²) in [7, 11) is 0. The van der Waals surface area contributed by atoms with E-state index in [1.807, 2.05) is 18.2 Å². The molecule has 0 aliphatic heterocycles. The Hall–Kier alpha value is -1.88.